The molecule has 2 aliphatic rings. The van der Waals surface area contributed by atoms with Gasteiger partial charge in [0.15, 0.2) is 0 Å². The number of nitrogens with one attached hydrogen (secondary N) is 1. The molecule has 0 spiro atoms. The number of methoxy groups -OCH3 is 1. The SMILES string of the molecule is COCCCn1cc(CN(C(=O)C2CNCC[C@@H]2c2ccn(C)c(=O)c2)C2CC2)c2ccccc21. The molecular weight excluding hydrogens is 440 g/mol. The van der Waals surface area contributed by atoms with Crippen molar-refractivity contribution in [3.63, 3.8) is 0 Å². The zero-order valence-corrected chi connectivity index (χ0v) is 20.8. The van der Waals surface area contributed by atoms with Crippen molar-refractivity contribution in [1.82, 2.24) is 19.4 Å². The number of para-hydroxylation sites is 1. The van der Waals surface area contributed by atoms with Gasteiger partial charge < -0.3 is 24.1 Å². The van der Waals surface area contributed by atoms with Gasteiger partial charge in [0.25, 0.3) is 5.56 Å². The predicted octanol–water partition coefficient (Wildman–Crippen LogP) is 3.26. The third-order valence-corrected chi connectivity index (χ3v) is 7.59. The van der Waals surface area contributed by atoms with E-state index in [-0.39, 0.29) is 23.3 Å². The molecule has 1 unspecified atom stereocenters. The summed E-state index contributed by atoms with van der Waals surface area (Å²) in [6, 6.07) is 12.5. The van der Waals surface area contributed by atoms with Crippen LogP contribution in [0, 0.1) is 5.92 Å². The lowest BCUT2D eigenvalue weighted by molar-refractivity contribution is -0.138. The molecule has 7 heteroatoms. The number of hydrogen-bond acceptors (Lipinski definition) is 4. The van der Waals surface area contributed by atoms with Crippen molar-refractivity contribution in [3.05, 3.63) is 70.3 Å². The second-order valence-corrected chi connectivity index (χ2v) is 10.0. The summed E-state index contributed by atoms with van der Waals surface area (Å²) in [5.74, 6) is 0.113. The van der Waals surface area contributed by atoms with E-state index < -0.39 is 0 Å². The van der Waals surface area contributed by atoms with E-state index in [1.165, 1.54) is 16.5 Å². The first kappa shape index (κ1) is 23.8. The summed E-state index contributed by atoms with van der Waals surface area (Å²) in [5, 5.41) is 4.65. The third kappa shape index (κ3) is 5.07. The van der Waals surface area contributed by atoms with Crippen molar-refractivity contribution in [2.75, 3.05) is 26.8 Å². The largest absolute Gasteiger partial charge is 0.385 e. The van der Waals surface area contributed by atoms with E-state index in [0.29, 0.717) is 19.1 Å². The Bertz CT molecular complexity index is 1240. The van der Waals surface area contributed by atoms with E-state index in [1.807, 2.05) is 12.3 Å². The summed E-state index contributed by atoms with van der Waals surface area (Å²) >= 11 is 0. The minimum atomic E-state index is -0.161. The molecule has 2 atom stereocenters. The van der Waals surface area contributed by atoms with Crippen LogP contribution in [0.2, 0.25) is 0 Å². The number of amides is 1. The summed E-state index contributed by atoms with van der Waals surface area (Å²) in [4.78, 5) is 28.5. The van der Waals surface area contributed by atoms with Crippen molar-refractivity contribution < 1.29 is 9.53 Å². The van der Waals surface area contributed by atoms with Crippen molar-refractivity contribution in [2.24, 2.45) is 13.0 Å². The first-order valence-electron chi connectivity index (χ1n) is 12.8. The number of benzene rings is 1. The molecule has 1 amide bonds. The summed E-state index contributed by atoms with van der Waals surface area (Å²) in [6.45, 7) is 3.76. The lowest BCUT2D eigenvalue weighted by Gasteiger charge is -2.35. The van der Waals surface area contributed by atoms with Crippen LogP contribution >= 0.6 is 0 Å². The first-order valence-corrected chi connectivity index (χ1v) is 12.8. The van der Waals surface area contributed by atoms with E-state index >= 15 is 0 Å². The van der Waals surface area contributed by atoms with Crippen molar-refractivity contribution in [3.8, 4) is 0 Å². The van der Waals surface area contributed by atoms with Gasteiger partial charge in [-0.05, 0) is 61.4 Å². The summed E-state index contributed by atoms with van der Waals surface area (Å²) in [7, 11) is 3.50. The molecule has 1 aromatic carbocycles. The molecule has 3 aromatic rings. The molecule has 3 heterocycles. The lowest BCUT2D eigenvalue weighted by atomic mass is 9.80. The van der Waals surface area contributed by atoms with E-state index in [4.69, 9.17) is 4.74 Å². The maximum atomic E-state index is 14.1. The summed E-state index contributed by atoms with van der Waals surface area (Å²) < 4.78 is 9.13. The van der Waals surface area contributed by atoms with E-state index in [0.717, 1.165) is 50.9 Å². The van der Waals surface area contributed by atoms with Gasteiger partial charge in [-0.15, -0.1) is 0 Å². The van der Waals surface area contributed by atoms with Gasteiger partial charge in [-0.1, -0.05) is 18.2 Å². The minimum absolute atomic E-state index is 0.0208. The Labute approximate surface area is 206 Å². The molecule has 2 aromatic heterocycles. The van der Waals surface area contributed by atoms with Crippen LogP contribution in [0.4, 0.5) is 0 Å². The Morgan fingerprint density at radius 3 is 2.80 bits per heavy atom. The highest BCUT2D eigenvalue weighted by molar-refractivity contribution is 5.85. The molecule has 186 valence electrons. The Morgan fingerprint density at radius 2 is 2.03 bits per heavy atom. The van der Waals surface area contributed by atoms with Crippen molar-refractivity contribution >= 4 is 16.8 Å². The number of rotatable bonds is 9. The van der Waals surface area contributed by atoms with E-state index in [1.54, 1.807) is 24.8 Å². The number of ether oxygens (including phenoxy) is 1. The second-order valence-electron chi connectivity index (χ2n) is 10.0. The molecule has 1 N–H and O–H groups in total. The Balaban J connectivity index is 1.42. The average molecular weight is 477 g/mol. The van der Waals surface area contributed by atoms with Crippen LogP contribution in [0.15, 0.2) is 53.6 Å². The zero-order valence-electron chi connectivity index (χ0n) is 20.8. The Morgan fingerprint density at radius 1 is 1.20 bits per heavy atom. The fourth-order valence-electron chi connectivity index (χ4n) is 5.49. The topological polar surface area (TPSA) is 68.5 Å². The smallest absolute Gasteiger partial charge is 0.250 e. The molecule has 1 aliphatic carbocycles. The highest BCUT2D eigenvalue weighted by Gasteiger charge is 2.40. The highest BCUT2D eigenvalue weighted by atomic mass is 16.5. The van der Waals surface area contributed by atoms with Gasteiger partial charge in [0.1, 0.15) is 0 Å². The third-order valence-electron chi connectivity index (χ3n) is 7.59. The quantitative estimate of drug-likeness (QED) is 0.482. The van der Waals surface area contributed by atoms with Gasteiger partial charge >= 0.3 is 0 Å². The van der Waals surface area contributed by atoms with Crippen LogP contribution in [-0.2, 0) is 29.7 Å². The Hall–Kier alpha value is -2.90. The maximum absolute atomic E-state index is 14.1. The molecule has 35 heavy (non-hydrogen) atoms. The van der Waals surface area contributed by atoms with Crippen LogP contribution in [0.1, 0.15) is 42.7 Å². The number of fused-ring (bicyclic) bond motifs is 1. The van der Waals surface area contributed by atoms with Crippen LogP contribution in [0.25, 0.3) is 10.9 Å². The van der Waals surface area contributed by atoms with Crippen LogP contribution in [0.5, 0.6) is 0 Å². The van der Waals surface area contributed by atoms with Gasteiger partial charge in [0.2, 0.25) is 5.91 Å². The number of hydrogen-bond donors (Lipinski definition) is 1. The van der Waals surface area contributed by atoms with Gasteiger partial charge in [0, 0.05) is 75.8 Å². The van der Waals surface area contributed by atoms with Crippen molar-refractivity contribution in [2.45, 2.75) is 50.7 Å². The standard InChI is InChI=1S/C28H36N4O3/c1-30-14-11-20(16-27(30)33)23-10-12-29-17-25(23)28(34)32(22-8-9-22)19-21-18-31(13-5-15-35-2)26-7-4-3-6-24(21)26/h3-4,6-7,11,14,16,18,22-23,25,29H,5,8-10,12-13,15,17,19H2,1-2H3/t23-,25?/m1/s1. The highest BCUT2D eigenvalue weighted by Crippen LogP contribution is 2.36. The summed E-state index contributed by atoms with van der Waals surface area (Å²) in [5.41, 5.74) is 3.37. The van der Waals surface area contributed by atoms with Gasteiger partial charge in [-0.2, -0.15) is 0 Å². The molecule has 0 bridgehead atoms. The molecule has 1 aliphatic heterocycles. The lowest BCUT2D eigenvalue weighted by Crippen LogP contribution is -2.47. The van der Waals surface area contributed by atoms with E-state index in [2.05, 4.69) is 45.2 Å². The predicted molar refractivity (Wildman–Crippen MR) is 137 cm³/mol. The number of aryl methyl sites for hydroxylation is 2. The number of nitrogens with zero attached hydrogens (tertiary/aromatic N) is 3. The monoisotopic (exact) mass is 476 g/mol. The maximum Gasteiger partial charge on any atom is 0.250 e. The molecule has 0 radical (unpaired) electrons. The van der Waals surface area contributed by atoms with Crippen LogP contribution < -0.4 is 10.9 Å². The van der Waals surface area contributed by atoms with Crippen molar-refractivity contribution in [1.29, 1.82) is 0 Å². The molecular formula is C28H36N4O3. The second kappa shape index (κ2) is 10.4. The average Bonchev–Trinajstić information content (AvgIpc) is 3.67. The fourth-order valence-corrected chi connectivity index (χ4v) is 5.49. The molecule has 1 saturated heterocycles. The zero-order chi connectivity index (χ0) is 24.4. The molecule has 1 saturated carbocycles. The molecule has 5 rings (SSSR count). The first-order chi connectivity index (χ1) is 17.1. The van der Waals surface area contributed by atoms with Crippen LogP contribution in [-0.4, -0.2) is 52.8 Å². The minimum Gasteiger partial charge on any atom is -0.385 e. The number of pyridine rings is 1. The number of piperidine rings is 1. The number of carbonyl (C=O) groups excluding carboxylic acids is 1. The van der Waals surface area contributed by atoms with Gasteiger partial charge in [0.05, 0.1) is 5.92 Å². The fraction of sp³-hybridized carbons (Fsp3) is 0.500. The summed E-state index contributed by atoms with van der Waals surface area (Å²) in [6.07, 6.45) is 7.98. The number of carbonyl (C=O) groups is 1. The van der Waals surface area contributed by atoms with Gasteiger partial charge in [-0.25, -0.2) is 0 Å². The van der Waals surface area contributed by atoms with Crippen LogP contribution in [0.3, 0.4) is 0 Å². The van der Waals surface area contributed by atoms with Gasteiger partial charge in [-0.3, -0.25) is 9.59 Å². The normalized spacial score (nSPS) is 20.3. The number of aromatic nitrogens is 2. The molecule has 7 nitrogen and oxygen atoms in total. The molecule has 2 fully saturated rings. The Kier molecular flexibility index (Phi) is 7.07. The van der Waals surface area contributed by atoms with E-state index in [9.17, 15) is 9.59 Å².